The molecule has 0 saturated carbocycles. The maximum Gasteiger partial charge on any atom is 0.0477 e. The summed E-state index contributed by atoms with van der Waals surface area (Å²) in [6.07, 6.45) is 15.9. The average molecular weight is 254 g/mol. The van der Waals surface area contributed by atoms with Gasteiger partial charge in [-0.05, 0) is 38.5 Å². The lowest BCUT2D eigenvalue weighted by Crippen LogP contribution is -2.06. The summed E-state index contributed by atoms with van der Waals surface area (Å²) in [4.78, 5) is 3.31. The van der Waals surface area contributed by atoms with E-state index in [0.717, 1.165) is 30.5 Å². The minimum atomic E-state index is 1.02. The van der Waals surface area contributed by atoms with Gasteiger partial charge in [-0.15, -0.1) is 0 Å². The van der Waals surface area contributed by atoms with Crippen molar-refractivity contribution in [3.05, 3.63) is 59.6 Å². The first-order chi connectivity index (χ1) is 9.22. The highest BCUT2D eigenvalue weighted by Gasteiger charge is 2.10. The first kappa shape index (κ1) is 13.5. The Labute approximate surface area is 115 Å². The summed E-state index contributed by atoms with van der Waals surface area (Å²) in [6.45, 7) is 8.36. The quantitative estimate of drug-likeness (QED) is 0.814. The van der Waals surface area contributed by atoms with Crippen LogP contribution in [0.2, 0.25) is 0 Å². The van der Waals surface area contributed by atoms with E-state index < -0.39 is 0 Å². The number of hydrogen-bond donors (Lipinski definition) is 2. The predicted octanol–water partition coefficient (Wildman–Crippen LogP) is 4.54. The summed E-state index contributed by atoms with van der Waals surface area (Å²) in [5.41, 5.74) is 5.92. The summed E-state index contributed by atoms with van der Waals surface area (Å²) in [5.74, 6) is 0. The van der Waals surface area contributed by atoms with Crippen molar-refractivity contribution < 1.29 is 0 Å². The van der Waals surface area contributed by atoms with Gasteiger partial charge in [-0.1, -0.05) is 37.3 Å². The third kappa shape index (κ3) is 3.28. The number of aromatic amines is 1. The Hall–Kier alpha value is -1.96. The molecule has 2 heterocycles. The van der Waals surface area contributed by atoms with Crippen molar-refractivity contribution in [2.24, 2.45) is 0 Å². The van der Waals surface area contributed by atoms with Crippen molar-refractivity contribution >= 4 is 11.8 Å². The van der Waals surface area contributed by atoms with E-state index in [2.05, 4.69) is 61.2 Å². The lowest BCUT2D eigenvalue weighted by atomic mass is 10.0. The number of aromatic nitrogens is 1. The molecule has 1 aliphatic rings. The van der Waals surface area contributed by atoms with Crippen LogP contribution in [0.1, 0.15) is 43.0 Å². The fourth-order valence-corrected chi connectivity index (χ4v) is 2.19. The van der Waals surface area contributed by atoms with Gasteiger partial charge in [-0.2, -0.15) is 0 Å². The standard InChI is InChI=1S/C17H22N2/c1-4-5-9-15-14(3)19-12-16(15)17-11-13(2)8-6-7-10-18-17/h5,7,9-12,18-19H,2,4,6,8H2,1,3H3/b9-5-,10-7-,17-11-. The maximum absolute atomic E-state index is 4.11. The van der Waals surface area contributed by atoms with Gasteiger partial charge in [-0.25, -0.2) is 0 Å². The van der Waals surface area contributed by atoms with Gasteiger partial charge in [0.1, 0.15) is 0 Å². The van der Waals surface area contributed by atoms with Crippen LogP contribution in [0.15, 0.2) is 42.8 Å². The second kappa shape index (κ2) is 6.28. The van der Waals surface area contributed by atoms with Gasteiger partial charge in [0.15, 0.2) is 0 Å². The zero-order valence-electron chi connectivity index (χ0n) is 11.8. The van der Waals surface area contributed by atoms with Gasteiger partial charge in [0.05, 0.1) is 0 Å². The van der Waals surface area contributed by atoms with Crippen LogP contribution in [0, 0.1) is 6.92 Å². The summed E-state index contributed by atoms with van der Waals surface area (Å²) in [5, 5.41) is 3.36. The lowest BCUT2D eigenvalue weighted by Gasteiger charge is -2.11. The van der Waals surface area contributed by atoms with E-state index in [4.69, 9.17) is 0 Å². The molecule has 19 heavy (non-hydrogen) atoms. The SMILES string of the molecule is C=C1/C=C(/c2c[nH]c(C)c2/C=C\CC)N/C=C\CC1. The van der Waals surface area contributed by atoms with Crippen LogP contribution in [-0.2, 0) is 0 Å². The summed E-state index contributed by atoms with van der Waals surface area (Å²) in [6, 6.07) is 0. The maximum atomic E-state index is 4.11. The van der Waals surface area contributed by atoms with E-state index in [1.54, 1.807) is 0 Å². The zero-order chi connectivity index (χ0) is 13.7. The van der Waals surface area contributed by atoms with Crippen molar-refractivity contribution in [1.82, 2.24) is 10.3 Å². The van der Waals surface area contributed by atoms with Crippen LogP contribution in [0.4, 0.5) is 0 Å². The molecular weight excluding hydrogens is 232 g/mol. The van der Waals surface area contributed by atoms with E-state index in [1.807, 2.05) is 6.20 Å². The molecule has 2 heteroatoms. The molecule has 1 aliphatic heterocycles. The van der Waals surface area contributed by atoms with Crippen LogP contribution in [-0.4, -0.2) is 4.98 Å². The van der Waals surface area contributed by atoms with E-state index in [1.165, 1.54) is 16.8 Å². The third-order valence-electron chi connectivity index (χ3n) is 3.27. The molecule has 100 valence electrons. The number of allylic oxidation sites excluding steroid dienone is 4. The normalized spacial score (nSPS) is 20.5. The third-order valence-corrected chi connectivity index (χ3v) is 3.27. The molecule has 1 aromatic rings. The molecule has 2 N–H and O–H groups in total. The molecule has 0 unspecified atom stereocenters. The van der Waals surface area contributed by atoms with Gasteiger partial charge >= 0.3 is 0 Å². The Morgan fingerprint density at radius 1 is 1.42 bits per heavy atom. The molecule has 0 fully saturated rings. The van der Waals surface area contributed by atoms with Gasteiger partial charge in [0.2, 0.25) is 0 Å². The topological polar surface area (TPSA) is 27.8 Å². The highest BCUT2D eigenvalue weighted by atomic mass is 14.9. The lowest BCUT2D eigenvalue weighted by molar-refractivity contribution is 0.984. The Morgan fingerprint density at radius 3 is 3.05 bits per heavy atom. The Bertz CT molecular complexity index is 542. The summed E-state index contributed by atoms with van der Waals surface area (Å²) < 4.78 is 0. The molecule has 0 aliphatic carbocycles. The molecular formula is C17H22N2. The zero-order valence-corrected chi connectivity index (χ0v) is 11.8. The molecule has 0 saturated heterocycles. The summed E-state index contributed by atoms with van der Waals surface area (Å²) >= 11 is 0. The number of nitrogens with one attached hydrogen (secondary N) is 2. The van der Waals surface area contributed by atoms with Gasteiger partial charge in [0, 0.05) is 28.7 Å². The molecule has 1 aromatic heterocycles. The largest absolute Gasteiger partial charge is 0.364 e. The van der Waals surface area contributed by atoms with Crippen LogP contribution in [0.5, 0.6) is 0 Å². The molecule has 0 aromatic carbocycles. The van der Waals surface area contributed by atoms with Crippen molar-refractivity contribution in [1.29, 1.82) is 0 Å². The second-order valence-electron chi connectivity index (χ2n) is 4.85. The first-order valence-corrected chi connectivity index (χ1v) is 6.88. The predicted molar refractivity (Wildman–Crippen MR) is 83.5 cm³/mol. The monoisotopic (exact) mass is 254 g/mol. The van der Waals surface area contributed by atoms with Crippen LogP contribution in [0.3, 0.4) is 0 Å². The first-order valence-electron chi connectivity index (χ1n) is 6.88. The fourth-order valence-electron chi connectivity index (χ4n) is 2.19. The Kier molecular flexibility index (Phi) is 4.45. The van der Waals surface area contributed by atoms with E-state index in [-0.39, 0.29) is 0 Å². The molecule has 2 nitrogen and oxygen atoms in total. The molecule has 0 spiro atoms. The smallest absolute Gasteiger partial charge is 0.0477 e. The molecule has 0 amide bonds. The number of rotatable bonds is 3. The van der Waals surface area contributed by atoms with E-state index in [0.29, 0.717) is 0 Å². The van der Waals surface area contributed by atoms with Crippen LogP contribution >= 0.6 is 0 Å². The highest BCUT2D eigenvalue weighted by Crippen LogP contribution is 2.24. The van der Waals surface area contributed by atoms with Crippen molar-refractivity contribution in [3.63, 3.8) is 0 Å². The minimum absolute atomic E-state index is 1.02. The fraction of sp³-hybridized carbons (Fsp3) is 0.294. The van der Waals surface area contributed by atoms with Crippen molar-refractivity contribution in [2.75, 3.05) is 0 Å². The molecule has 0 radical (unpaired) electrons. The Balaban J connectivity index is 2.39. The highest BCUT2D eigenvalue weighted by molar-refractivity contribution is 5.76. The van der Waals surface area contributed by atoms with Crippen molar-refractivity contribution in [2.45, 2.75) is 33.1 Å². The van der Waals surface area contributed by atoms with Gasteiger partial charge in [0.25, 0.3) is 0 Å². The number of aryl methyl sites for hydroxylation is 1. The van der Waals surface area contributed by atoms with Gasteiger partial charge in [-0.3, -0.25) is 0 Å². The average Bonchev–Trinajstić information content (AvgIpc) is 2.72. The molecule has 0 atom stereocenters. The van der Waals surface area contributed by atoms with E-state index in [9.17, 15) is 0 Å². The van der Waals surface area contributed by atoms with Crippen LogP contribution in [0.25, 0.3) is 11.8 Å². The number of H-pyrrole nitrogens is 1. The Morgan fingerprint density at radius 2 is 2.26 bits per heavy atom. The van der Waals surface area contributed by atoms with Crippen molar-refractivity contribution in [3.8, 4) is 0 Å². The number of hydrogen-bond acceptors (Lipinski definition) is 1. The van der Waals surface area contributed by atoms with Crippen LogP contribution < -0.4 is 5.32 Å². The minimum Gasteiger partial charge on any atom is -0.364 e. The van der Waals surface area contributed by atoms with E-state index >= 15 is 0 Å². The van der Waals surface area contributed by atoms with Gasteiger partial charge < -0.3 is 10.3 Å². The summed E-state index contributed by atoms with van der Waals surface area (Å²) in [7, 11) is 0. The second-order valence-corrected chi connectivity index (χ2v) is 4.85. The molecule has 0 bridgehead atoms. The molecule has 2 rings (SSSR count).